The number of ether oxygens (including phenoxy) is 1. The third-order valence-electron chi connectivity index (χ3n) is 4.90. The molecule has 2 aliphatic heterocycles. The third kappa shape index (κ3) is 4.33. The van der Waals surface area contributed by atoms with E-state index in [2.05, 4.69) is 23.3 Å². The number of anilines is 2. The van der Waals surface area contributed by atoms with Crippen LogP contribution in [0.15, 0.2) is 47.4 Å². The topological polar surface area (TPSA) is 73.9 Å². The van der Waals surface area contributed by atoms with Gasteiger partial charge in [0, 0.05) is 34.4 Å². The Bertz CT molecular complexity index is 1000. The first-order chi connectivity index (χ1) is 14.4. The molecule has 0 spiro atoms. The molecule has 1 atom stereocenters. The molecular formula is C20H19ClN4O3S2. The number of amides is 3. The lowest BCUT2D eigenvalue weighted by Crippen LogP contribution is -2.34. The second kappa shape index (κ2) is 8.71. The maximum atomic E-state index is 12.4. The van der Waals surface area contributed by atoms with Crippen LogP contribution in [0.3, 0.4) is 0 Å². The van der Waals surface area contributed by atoms with Gasteiger partial charge in [-0.3, -0.25) is 14.6 Å². The number of benzene rings is 2. The molecule has 0 aromatic heterocycles. The van der Waals surface area contributed by atoms with Crippen LogP contribution in [0.2, 0.25) is 5.02 Å². The molecule has 4 rings (SSSR count). The lowest BCUT2D eigenvalue weighted by Gasteiger charge is -2.18. The highest BCUT2D eigenvalue weighted by Gasteiger charge is 2.30. The summed E-state index contributed by atoms with van der Waals surface area (Å²) in [6, 6.07) is 12.4. The zero-order valence-corrected chi connectivity index (χ0v) is 18.3. The lowest BCUT2D eigenvalue weighted by atomic mass is 10.2. The monoisotopic (exact) mass is 462 g/mol. The van der Waals surface area contributed by atoms with Crippen molar-refractivity contribution in [3.63, 3.8) is 0 Å². The molecule has 10 heteroatoms. The van der Waals surface area contributed by atoms with Crippen molar-refractivity contribution in [2.75, 3.05) is 36.0 Å². The first-order valence-electron chi connectivity index (χ1n) is 9.32. The standard InChI is InChI=1S/C20H19ClN4O3S2/c21-12-1-6-17(29)16(9-12)18(26)23-10-15-11-25(20(30)28-15)14-4-2-13(3-5-14)24-8-7-22-19(24)27/h1-6,9,15,29H,7-8,10-11H2,(H,22,27)(H,23,26)/t15-/m0/s1. The van der Waals surface area contributed by atoms with Gasteiger partial charge < -0.3 is 15.4 Å². The molecule has 2 aromatic rings. The van der Waals surface area contributed by atoms with E-state index in [1.54, 1.807) is 23.1 Å². The van der Waals surface area contributed by atoms with Crippen molar-refractivity contribution in [2.24, 2.45) is 0 Å². The van der Waals surface area contributed by atoms with E-state index in [0.717, 1.165) is 11.4 Å². The van der Waals surface area contributed by atoms with Crippen molar-refractivity contribution in [1.29, 1.82) is 0 Å². The van der Waals surface area contributed by atoms with E-state index in [9.17, 15) is 9.59 Å². The number of nitrogens with zero attached hydrogens (tertiary/aromatic N) is 2. The number of hydrogen-bond acceptors (Lipinski definition) is 5. The summed E-state index contributed by atoms with van der Waals surface area (Å²) in [5, 5.41) is 6.44. The van der Waals surface area contributed by atoms with Gasteiger partial charge in [-0.15, -0.1) is 12.6 Å². The fourth-order valence-corrected chi connectivity index (χ4v) is 4.09. The number of urea groups is 1. The Morgan fingerprint density at radius 1 is 1.23 bits per heavy atom. The molecule has 3 amide bonds. The number of carbonyl (C=O) groups is 2. The van der Waals surface area contributed by atoms with Gasteiger partial charge in [-0.1, -0.05) is 11.6 Å². The van der Waals surface area contributed by atoms with E-state index in [1.165, 1.54) is 0 Å². The van der Waals surface area contributed by atoms with Crippen LogP contribution < -0.4 is 20.4 Å². The van der Waals surface area contributed by atoms with E-state index in [1.807, 2.05) is 29.2 Å². The number of nitrogens with one attached hydrogen (secondary N) is 2. The zero-order chi connectivity index (χ0) is 21.3. The molecule has 0 unspecified atom stereocenters. The number of hydrogen-bond donors (Lipinski definition) is 3. The average Bonchev–Trinajstić information content (AvgIpc) is 3.33. The van der Waals surface area contributed by atoms with E-state index in [0.29, 0.717) is 46.8 Å². The normalized spacial score (nSPS) is 18.4. The van der Waals surface area contributed by atoms with Gasteiger partial charge in [-0.05, 0) is 54.7 Å². The molecule has 0 radical (unpaired) electrons. The van der Waals surface area contributed by atoms with Gasteiger partial charge in [-0.25, -0.2) is 4.79 Å². The summed E-state index contributed by atoms with van der Waals surface area (Å²) >= 11 is 15.6. The zero-order valence-electron chi connectivity index (χ0n) is 15.8. The highest BCUT2D eigenvalue weighted by atomic mass is 35.5. The van der Waals surface area contributed by atoms with Crippen LogP contribution in [0.5, 0.6) is 0 Å². The summed E-state index contributed by atoms with van der Waals surface area (Å²) < 4.78 is 5.74. The molecule has 0 bridgehead atoms. The van der Waals surface area contributed by atoms with Crippen molar-refractivity contribution < 1.29 is 14.3 Å². The van der Waals surface area contributed by atoms with Crippen LogP contribution in [0.4, 0.5) is 16.2 Å². The summed E-state index contributed by atoms with van der Waals surface area (Å²) in [5.74, 6) is -0.274. The Balaban J connectivity index is 1.36. The SMILES string of the molecule is O=C(NC[C@H]1CN(c2ccc(N3CCNC3=O)cc2)C(=S)O1)c1cc(Cl)ccc1S. The summed E-state index contributed by atoms with van der Waals surface area (Å²) in [7, 11) is 0. The van der Waals surface area contributed by atoms with Crippen LogP contribution in [-0.4, -0.2) is 49.4 Å². The molecule has 0 aliphatic carbocycles. The van der Waals surface area contributed by atoms with Gasteiger partial charge in [0.2, 0.25) is 0 Å². The Labute approximate surface area is 189 Å². The molecule has 7 nitrogen and oxygen atoms in total. The van der Waals surface area contributed by atoms with Crippen LogP contribution in [0.25, 0.3) is 0 Å². The second-order valence-electron chi connectivity index (χ2n) is 6.89. The van der Waals surface area contributed by atoms with E-state index in [4.69, 9.17) is 28.6 Å². The van der Waals surface area contributed by atoms with Crippen molar-refractivity contribution in [2.45, 2.75) is 11.0 Å². The van der Waals surface area contributed by atoms with Crippen molar-refractivity contribution >= 4 is 64.9 Å². The van der Waals surface area contributed by atoms with E-state index in [-0.39, 0.29) is 18.0 Å². The Morgan fingerprint density at radius 3 is 2.60 bits per heavy atom. The minimum atomic E-state index is -0.284. The van der Waals surface area contributed by atoms with Gasteiger partial charge in [0.25, 0.3) is 11.1 Å². The molecule has 2 N–H and O–H groups in total. The second-order valence-corrected chi connectivity index (χ2v) is 8.16. The molecule has 156 valence electrons. The molecule has 2 heterocycles. The molecule has 0 saturated carbocycles. The number of rotatable bonds is 5. The maximum absolute atomic E-state index is 12.4. The number of halogens is 1. The van der Waals surface area contributed by atoms with Crippen LogP contribution in [0.1, 0.15) is 10.4 Å². The van der Waals surface area contributed by atoms with Gasteiger partial charge >= 0.3 is 6.03 Å². The molecule has 2 aliphatic rings. The number of carbonyl (C=O) groups excluding carboxylic acids is 2. The lowest BCUT2D eigenvalue weighted by molar-refractivity contribution is 0.0931. The molecule has 2 saturated heterocycles. The van der Waals surface area contributed by atoms with Gasteiger partial charge in [-0.2, -0.15) is 0 Å². The molecule has 2 aromatic carbocycles. The Morgan fingerprint density at radius 2 is 1.93 bits per heavy atom. The average molecular weight is 463 g/mol. The first-order valence-corrected chi connectivity index (χ1v) is 10.6. The fraction of sp³-hybridized carbons (Fsp3) is 0.250. The third-order valence-corrected chi connectivity index (χ3v) is 5.84. The van der Waals surface area contributed by atoms with Gasteiger partial charge in [0.05, 0.1) is 18.7 Å². The maximum Gasteiger partial charge on any atom is 0.321 e. The minimum absolute atomic E-state index is 0.0948. The summed E-state index contributed by atoms with van der Waals surface area (Å²) in [6.07, 6.45) is -0.284. The summed E-state index contributed by atoms with van der Waals surface area (Å²) in [5.41, 5.74) is 2.10. The fourth-order valence-electron chi connectivity index (χ4n) is 3.36. The van der Waals surface area contributed by atoms with Crippen LogP contribution in [0, 0.1) is 0 Å². The van der Waals surface area contributed by atoms with Gasteiger partial charge in [0.1, 0.15) is 6.10 Å². The highest BCUT2D eigenvalue weighted by Crippen LogP contribution is 2.26. The summed E-state index contributed by atoms with van der Waals surface area (Å²) in [4.78, 5) is 28.3. The highest BCUT2D eigenvalue weighted by molar-refractivity contribution is 7.80. The van der Waals surface area contributed by atoms with E-state index < -0.39 is 0 Å². The van der Waals surface area contributed by atoms with Crippen LogP contribution >= 0.6 is 36.4 Å². The van der Waals surface area contributed by atoms with Crippen molar-refractivity contribution in [3.8, 4) is 0 Å². The smallest absolute Gasteiger partial charge is 0.321 e. The molecule has 2 fully saturated rings. The quantitative estimate of drug-likeness (QED) is 0.470. The van der Waals surface area contributed by atoms with Crippen molar-refractivity contribution in [3.05, 3.63) is 53.1 Å². The Hall–Kier alpha value is -2.49. The predicted molar refractivity (Wildman–Crippen MR) is 123 cm³/mol. The Kier molecular flexibility index (Phi) is 6.03. The minimum Gasteiger partial charge on any atom is -0.464 e. The molecule has 30 heavy (non-hydrogen) atoms. The first kappa shape index (κ1) is 20.8. The summed E-state index contributed by atoms with van der Waals surface area (Å²) in [6.45, 7) is 2.08. The molecular weight excluding hydrogens is 444 g/mol. The van der Waals surface area contributed by atoms with Gasteiger partial charge in [0.15, 0.2) is 0 Å². The predicted octanol–water partition coefficient (Wildman–Crippen LogP) is 3.08. The van der Waals surface area contributed by atoms with E-state index >= 15 is 0 Å². The number of thiocarbonyl (C=S) groups is 1. The van der Waals surface area contributed by atoms with Crippen LogP contribution in [-0.2, 0) is 4.74 Å². The number of thiol groups is 1. The largest absolute Gasteiger partial charge is 0.464 e. The van der Waals surface area contributed by atoms with Crippen molar-refractivity contribution in [1.82, 2.24) is 10.6 Å².